The number of hydrogen-bond donors (Lipinski definition) is 1. The van der Waals surface area contributed by atoms with Crippen LogP contribution in [0.4, 0.5) is 5.13 Å². The maximum absolute atomic E-state index is 11.9. The normalized spacial score (nSPS) is 11.0. The highest BCUT2D eigenvalue weighted by molar-refractivity contribution is 7.15. The van der Waals surface area contributed by atoms with Gasteiger partial charge in [0, 0.05) is 23.6 Å². The lowest BCUT2D eigenvalue weighted by Crippen LogP contribution is -2.06. The molecule has 0 fully saturated rings. The summed E-state index contributed by atoms with van der Waals surface area (Å²) >= 11 is 1.46. The number of ether oxygens (including phenoxy) is 1. The molecule has 0 atom stereocenters. The van der Waals surface area contributed by atoms with Crippen LogP contribution in [-0.4, -0.2) is 18.0 Å². The Morgan fingerprint density at radius 2 is 2.08 bits per heavy atom. The largest absolute Gasteiger partial charge is 0.497 e. The number of aryl methyl sites for hydroxylation is 1. The zero-order valence-corrected chi connectivity index (χ0v) is 14.8. The number of anilines is 1. The molecule has 0 aliphatic heterocycles. The summed E-state index contributed by atoms with van der Waals surface area (Å²) in [7, 11) is 1.65. The molecule has 2 aromatic heterocycles. The standard InChI is InChI=1S/C19H18N2O3S/c1-13-3-6-16(24-13)9-10-18(22)21-19-20-12-17(25-19)11-14-4-7-15(23-2)8-5-14/h3-10,12H,11H2,1-2H3,(H,20,21,22)/b10-9+. The molecular weight excluding hydrogens is 336 g/mol. The molecule has 0 saturated heterocycles. The number of thiazole rings is 1. The minimum absolute atomic E-state index is 0.237. The van der Waals surface area contributed by atoms with E-state index in [1.165, 1.54) is 17.4 Å². The Bertz CT molecular complexity index is 878. The Kier molecular flexibility index (Phi) is 5.30. The minimum atomic E-state index is -0.237. The molecule has 128 valence electrons. The third-order valence-corrected chi connectivity index (χ3v) is 4.39. The number of nitrogens with zero attached hydrogens (tertiary/aromatic N) is 1. The zero-order valence-electron chi connectivity index (χ0n) is 14.0. The highest BCUT2D eigenvalue weighted by atomic mass is 32.1. The lowest BCUT2D eigenvalue weighted by Gasteiger charge is -2.01. The van der Waals surface area contributed by atoms with Gasteiger partial charge in [-0.05, 0) is 42.8 Å². The van der Waals surface area contributed by atoms with Crippen LogP contribution in [0, 0.1) is 6.92 Å². The highest BCUT2D eigenvalue weighted by Gasteiger charge is 2.06. The predicted octanol–water partition coefficient (Wildman–Crippen LogP) is 4.30. The maximum Gasteiger partial charge on any atom is 0.250 e. The van der Waals surface area contributed by atoms with E-state index in [2.05, 4.69) is 10.3 Å². The molecule has 1 amide bonds. The average Bonchev–Trinajstić information content (AvgIpc) is 3.22. The van der Waals surface area contributed by atoms with Gasteiger partial charge in [-0.15, -0.1) is 11.3 Å². The van der Waals surface area contributed by atoms with Crippen LogP contribution < -0.4 is 10.1 Å². The number of methoxy groups -OCH3 is 1. The third kappa shape index (κ3) is 4.81. The molecule has 0 radical (unpaired) electrons. The van der Waals surface area contributed by atoms with E-state index in [9.17, 15) is 4.79 Å². The van der Waals surface area contributed by atoms with Crippen LogP contribution in [0.2, 0.25) is 0 Å². The Morgan fingerprint density at radius 1 is 1.28 bits per heavy atom. The van der Waals surface area contributed by atoms with Gasteiger partial charge in [-0.1, -0.05) is 12.1 Å². The number of furan rings is 1. The molecule has 0 saturated carbocycles. The van der Waals surface area contributed by atoms with Crippen molar-refractivity contribution in [3.63, 3.8) is 0 Å². The lowest BCUT2D eigenvalue weighted by atomic mass is 10.1. The molecular formula is C19H18N2O3S. The van der Waals surface area contributed by atoms with Crippen LogP contribution in [0.25, 0.3) is 6.08 Å². The Morgan fingerprint density at radius 3 is 2.76 bits per heavy atom. The molecule has 0 aliphatic rings. The molecule has 0 bridgehead atoms. The van der Waals surface area contributed by atoms with Crippen molar-refractivity contribution in [2.24, 2.45) is 0 Å². The van der Waals surface area contributed by atoms with Crippen LogP contribution in [0.1, 0.15) is 22.0 Å². The molecule has 1 N–H and O–H groups in total. The molecule has 5 nitrogen and oxygen atoms in total. The van der Waals surface area contributed by atoms with Gasteiger partial charge in [-0.25, -0.2) is 4.98 Å². The van der Waals surface area contributed by atoms with Crippen molar-refractivity contribution in [3.05, 3.63) is 70.6 Å². The SMILES string of the molecule is COc1ccc(Cc2cnc(NC(=O)/C=C/c3ccc(C)o3)s2)cc1. The molecule has 0 unspecified atom stereocenters. The average molecular weight is 354 g/mol. The van der Waals surface area contributed by atoms with Gasteiger partial charge in [0.25, 0.3) is 0 Å². The molecule has 2 heterocycles. The van der Waals surface area contributed by atoms with E-state index in [0.717, 1.165) is 28.4 Å². The number of amides is 1. The summed E-state index contributed by atoms with van der Waals surface area (Å²) in [6, 6.07) is 11.6. The van der Waals surface area contributed by atoms with Crippen molar-refractivity contribution in [2.75, 3.05) is 12.4 Å². The van der Waals surface area contributed by atoms with E-state index >= 15 is 0 Å². The van der Waals surface area contributed by atoms with E-state index in [4.69, 9.17) is 9.15 Å². The summed E-state index contributed by atoms with van der Waals surface area (Å²) in [4.78, 5) is 17.3. The number of aromatic nitrogens is 1. The lowest BCUT2D eigenvalue weighted by molar-refractivity contribution is -0.111. The van der Waals surface area contributed by atoms with Gasteiger partial charge < -0.3 is 9.15 Å². The van der Waals surface area contributed by atoms with Crippen LogP contribution in [-0.2, 0) is 11.2 Å². The first-order chi connectivity index (χ1) is 12.1. The van der Waals surface area contributed by atoms with Gasteiger partial charge in [0.15, 0.2) is 5.13 Å². The first kappa shape index (κ1) is 17.0. The van der Waals surface area contributed by atoms with Gasteiger partial charge in [-0.2, -0.15) is 0 Å². The smallest absolute Gasteiger partial charge is 0.250 e. The summed E-state index contributed by atoms with van der Waals surface area (Å²) in [5.41, 5.74) is 1.16. The predicted molar refractivity (Wildman–Crippen MR) is 99.0 cm³/mol. The number of carbonyl (C=O) groups excluding carboxylic acids is 1. The van der Waals surface area contributed by atoms with Gasteiger partial charge >= 0.3 is 0 Å². The topological polar surface area (TPSA) is 64.4 Å². The van der Waals surface area contributed by atoms with Crippen LogP contribution >= 0.6 is 11.3 Å². The molecule has 3 aromatic rings. The number of nitrogens with one attached hydrogen (secondary N) is 1. The minimum Gasteiger partial charge on any atom is -0.497 e. The van der Waals surface area contributed by atoms with Gasteiger partial charge in [0.1, 0.15) is 17.3 Å². The van der Waals surface area contributed by atoms with Crippen LogP contribution in [0.3, 0.4) is 0 Å². The van der Waals surface area contributed by atoms with Crippen molar-refractivity contribution in [3.8, 4) is 5.75 Å². The van der Waals surface area contributed by atoms with Crippen LogP contribution in [0.15, 0.2) is 53.1 Å². The van der Waals surface area contributed by atoms with Crippen molar-refractivity contribution >= 4 is 28.5 Å². The summed E-state index contributed by atoms with van der Waals surface area (Å²) < 4.78 is 10.5. The first-order valence-corrected chi connectivity index (χ1v) is 8.57. The molecule has 6 heteroatoms. The highest BCUT2D eigenvalue weighted by Crippen LogP contribution is 2.22. The molecule has 0 aliphatic carbocycles. The Hall–Kier alpha value is -2.86. The van der Waals surface area contributed by atoms with Gasteiger partial charge in [0.2, 0.25) is 5.91 Å². The number of rotatable bonds is 6. The number of carbonyl (C=O) groups is 1. The molecule has 25 heavy (non-hydrogen) atoms. The van der Waals surface area contributed by atoms with E-state index < -0.39 is 0 Å². The molecule has 3 rings (SSSR count). The molecule has 0 spiro atoms. The van der Waals surface area contributed by atoms with E-state index in [-0.39, 0.29) is 5.91 Å². The van der Waals surface area contributed by atoms with E-state index in [1.807, 2.05) is 43.3 Å². The Balaban J connectivity index is 1.57. The number of benzene rings is 1. The van der Waals surface area contributed by atoms with Crippen molar-refractivity contribution in [1.82, 2.24) is 4.98 Å². The quantitative estimate of drug-likeness (QED) is 0.671. The second-order valence-corrected chi connectivity index (χ2v) is 6.54. The summed E-state index contributed by atoms with van der Waals surface area (Å²) in [5, 5.41) is 3.34. The van der Waals surface area contributed by atoms with Gasteiger partial charge in [0.05, 0.1) is 7.11 Å². The van der Waals surface area contributed by atoms with Crippen molar-refractivity contribution < 1.29 is 13.9 Å². The second-order valence-electron chi connectivity index (χ2n) is 5.43. The first-order valence-electron chi connectivity index (χ1n) is 7.75. The van der Waals surface area contributed by atoms with Gasteiger partial charge in [-0.3, -0.25) is 10.1 Å². The van der Waals surface area contributed by atoms with E-state index in [1.54, 1.807) is 19.4 Å². The number of hydrogen-bond acceptors (Lipinski definition) is 5. The van der Waals surface area contributed by atoms with E-state index in [0.29, 0.717) is 10.9 Å². The third-order valence-electron chi connectivity index (χ3n) is 3.48. The maximum atomic E-state index is 11.9. The second kappa shape index (κ2) is 7.81. The fraction of sp³-hybridized carbons (Fsp3) is 0.158. The fourth-order valence-corrected chi connectivity index (χ4v) is 3.09. The zero-order chi connectivity index (χ0) is 17.6. The van der Waals surface area contributed by atoms with Crippen molar-refractivity contribution in [2.45, 2.75) is 13.3 Å². The summed E-state index contributed by atoms with van der Waals surface area (Å²) in [6.07, 6.45) is 5.61. The molecule has 1 aromatic carbocycles. The van der Waals surface area contributed by atoms with Crippen LogP contribution in [0.5, 0.6) is 5.75 Å². The van der Waals surface area contributed by atoms with Crippen molar-refractivity contribution in [1.29, 1.82) is 0 Å². The summed E-state index contributed by atoms with van der Waals surface area (Å²) in [6.45, 7) is 1.86. The fourth-order valence-electron chi connectivity index (χ4n) is 2.24. The monoisotopic (exact) mass is 354 g/mol. The summed E-state index contributed by atoms with van der Waals surface area (Å²) in [5.74, 6) is 2.05. The Labute approximate surface area is 150 Å².